The average Bonchev–Trinajstić information content (AvgIpc) is 2.57. The topological polar surface area (TPSA) is 43.1 Å². The minimum atomic E-state index is -0.496. The van der Waals surface area contributed by atoms with E-state index in [1.807, 2.05) is 6.92 Å². The van der Waals surface area contributed by atoms with Gasteiger partial charge in [0.1, 0.15) is 5.82 Å². The summed E-state index contributed by atoms with van der Waals surface area (Å²) in [6.07, 6.45) is 0. The van der Waals surface area contributed by atoms with E-state index in [0.717, 1.165) is 16.9 Å². The van der Waals surface area contributed by atoms with Gasteiger partial charge in [0.05, 0.1) is 4.92 Å². The molecule has 0 aliphatic carbocycles. The fourth-order valence-corrected chi connectivity index (χ4v) is 2.26. The first-order valence-electron chi connectivity index (χ1n) is 3.92. The number of rotatable bonds is 1. The van der Waals surface area contributed by atoms with Gasteiger partial charge in [-0.25, -0.2) is 4.39 Å². The summed E-state index contributed by atoms with van der Waals surface area (Å²) in [7, 11) is 0. The van der Waals surface area contributed by atoms with E-state index in [2.05, 4.69) is 0 Å². The molecule has 0 bridgehead atoms. The van der Waals surface area contributed by atoms with Gasteiger partial charge in [-0.15, -0.1) is 0 Å². The van der Waals surface area contributed by atoms with Gasteiger partial charge >= 0.3 is 5.00 Å². The zero-order chi connectivity index (χ0) is 10.3. The van der Waals surface area contributed by atoms with Gasteiger partial charge in [0, 0.05) is 16.2 Å². The van der Waals surface area contributed by atoms with Gasteiger partial charge in [-0.2, -0.15) is 0 Å². The molecule has 3 nitrogen and oxygen atoms in total. The van der Waals surface area contributed by atoms with Gasteiger partial charge < -0.3 is 0 Å². The second kappa shape index (κ2) is 3.02. The van der Waals surface area contributed by atoms with Gasteiger partial charge in [0.15, 0.2) is 0 Å². The third kappa shape index (κ3) is 1.26. The van der Waals surface area contributed by atoms with Gasteiger partial charge in [0.2, 0.25) is 0 Å². The minimum absolute atomic E-state index is 0.0202. The standard InChI is InChI=1S/C9H6FNO2S/c1-5-2-3-7(10)6-4-8(11(12)13)14-9(5)6/h2-4H,1H3. The highest BCUT2D eigenvalue weighted by atomic mass is 32.1. The summed E-state index contributed by atoms with van der Waals surface area (Å²) in [4.78, 5) is 9.99. The van der Waals surface area contributed by atoms with Crippen LogP contribution in [-0.2, 0) is 0 Å². The molecule has 0 saturated carbocycles. The molecular formula is C9H6FNO2S. The van der Waals surface area contributed by atoms with Crippen LogP contribution in [0, 0.1) is 22.9 Å². The van der Waals surface area contributed by atoms with E-state index in [0.29, 0.717) is 10.1 Å². The fourth-order valence-electron chi connectivity index (χ4n) is 1.30. The molecule has 1 heterocycles. The average molecular weight is 211 g/mol. The molecule has 14 heavy (non-hydrogen) atoms. The Morgan fingerprint density at radius 1 is 1.50 bits per heavy atom. The Hall–Kier alpha value is -1.49. The van der Waals surface area contributed by atoms with E-state index in [9.17, 15) is 14.5 Å². The molecule has 0 aliphatic heterocycles. The lowest BCUT2D eigenvalue weighted by atomic mass is 10.2. The molecule has 0 fully saturated rings. The Morgan fingerprint density at radius 2 is 2.21 bits per heavy atom. The SMILES string of the molecule is Cc1ccc(F)c2cc([N+](=O)[O-])sc12. The van der Waals surface area contributed by atoms with Gasteiger partial charge in [-0.05, 0) is 18.6 Å². The maximum absolute atomic E-state index is 13.2. The molecule has 72 valence electrons. The Morgan fingerprint density at radius 3 is 2.79 bits per heavy atom. The zero-order valence-corrected chi connectivity index (χ0v) is 8.10. The van der Waals surface area contributed by atoms with Crippen molar-refractivity contribution in [2.75, 3.05) is 0 Å². The number of halogens is 1. The third-order valence-corrected chi connectivity index (χ3v) is 3.22. The lowest BCUT2D eigenvalue weighted by Crippen LogP contribution is -1.80. The maximum Gasteiger partial charge on any atom is 0.325 e. The molecule has 0 radical (unpaired) electrons. The lowest BCUT2D eigenvalue weighted by Gasteiger charge is -1.94. The Balaban J connectivity index is 2.82. The summed E-state index contributed by atoms with van der Waals surface area (Å²) in [6.45, 7) is 1.81. The van der Waals surface area contributed by atoms with Gasteiger partial charge in [-0.1, -0.05) is 17.4 Å². The summed E-state index contributed by atoms with van der Waals surface area (Å²) in [5.74, 6) is -0.407. The molecule has 0 N–H and O–H groups in total. The second-order valence-corrected chi connectivity index (χ2v) is 3.98. The molecule has 2 rings (SSSR count). The van der Waals surface area contributed by atoms with Crippen LogP contribution < -0.4 is 0 Å². The number of benzene rings is 1. The predicted molar refractivity (Wildman–Crippen MR) is 53.2 cm³/mol. The second-order valence-electron chi connectivity index (χ2n) is 2.95. The summed E-state index contributed by atoms with van der Waals surface area (Å²) >= 11 is 1.01. The van der Waals surface area contributed by atoms with E-state index < -0.39 is 10.7 Å². The summed E-state index contributed by atoms with van der Waals surface area (Å²) < 4.78 is 13.9. The van der Waals surface area contributed by atoms with Crippen LogP contribution in [0.5, 0.6) is 0 Å². The van der Waals surface area contributed by atoms with Crippen molar-refractivity contribution in [2.45, 2.75) is 6.92 Å². The van der Waals surface area contributed by atoms with E-state index in [4.69, 9.17) is 0 Å². The number of nitrogens with zero attached hydrogens (tertiary/aromatic N) is 1. The highest BCUT2D eigenvalue weighted by Crippen LogP contribution is 2.34. The molecule has 0 amide bonds. The molecule has 0 unspecified atom stereocenters. The first-order chi connectivity index (χ1) is 6.59. The lowest BCUT2D eigenvalue weighted by molar-refractivity contribution is -0.380. The molecule has 0 atom stereocenters. The Labute approximate surface area is 82.9 Å². The highest BCUT2D eigenvalue weighted by Gasteiger charge is 2.15. The number of aryl methyl sites for hydroxylation is 1. The quantitative estimate of drug-likeness (QED) is 0.536. The molecule has 5 heteroatoms. The van der Waals surface area contributed by atoms with Gasteiger partial charge in [0.25, 0.3) is 0 Å². The van der Waals surface area contributed by atoms with E-state index >= 15 is 0 Å². The normalized spacial score (nSPS) is 10.7. The zero-order valence-electron chi connectivity index (χ0n) is 7.28. The molecule has 1 aromatic carbocycles. The van der Waals surface area contributed by atoms with Crippen molar-refractivity contribution in [3.05, 3.63) is 39.7 Å². The van der Waals surface area contributed by atoms with E-state index in [1.165, 1.54) is 12.1 Å². The van der Waals surface area contributed by atoms with Crippen LogP contribution in [0.25, 0.3) is 10.1 Å². The van der Waals surface area contributed by atoms with Crippen molar-refractivity contribution >= 4 is 26.4 Å². The highest BCUT2D eigenvalue weighted by molar-refractivity contribution is 7.22. The van der Waals surface area contributed by atoms with Crippen LogP contribution >= 0.6 is 11.3 Å². The van der Waals surface area contributed by atoms with Crippen LogP contribution in [0.4, 0.5) is 9.39 Å². The van der Waals surface area contributed by atoms with Crippen molar-refractivity contribution in [2.24, 2.45) is 0 Å². The molecule has 0 spiro atoms. The van der Waals surface area contributed by atoms with Gasteiger partial charge in [-0.3, -0.25) is 10.1 Å². The van der Waals surface area contributed by atoms with Crippen LogP contribution in [0.1, 0.15) is 5.56 Å². The van der Waals surface area contributed by atoms with Crippen molar-refractivity contribution in [1.29, 1.82) is 0 Å². The monoisotopic (exact) mass is 211 g/mol. The van der Waals surface area contributed by atoms with Crippen LogP contribution in [-0.4, -0.2) is 4.92 Å². The van der Waals surface area contributed by atoms with Crippen molar-refractivity contribution in [1.82, 2.24) is 0 Å². The Bertz CT molecular complexity index is 482. The third-order valence-electron chi connectivity index (χ3n) is 1.99. The maximum atomic E-state index is 13.2. The summed E-state index contributed by atoms with van der Waals surface area (Å²) in [5, 5.41) is 10.8. The minimum Gasteiger partial charge on any atom is -0.258 e. The van der Waals surface area contributed by atoms with E-state index in [-0.39, 0.29) is 5.00 Å². The largest absolute Gasteiger partial charge is 0.325 e. The van der Waals surface area contributed by atoms with Crippen molar-refractivity contribution in [3.8, 4) is 0 Å². The first-order valence-corrected chi connectivity index (χ1v) is 4.74. The summed E-state index contributed by atoms with van der Waals surface area (Å²) in [5.41, 5.74) is 0.861. The fraction of sp³-hybridized carbons (Fsp3) is 0.111. The predicted octanol–water partition coefficient (Wildman–Crippen LogP) is 3.26. The van der Waals surface area contributed by atoms with Crippen molar-refractivity contribution in [3.63, 3.8) is 0 Å². The number of hydrogen-bond acceptors (Lipinski definition) is 3. The molecule has 2 aromatic rings. The first kappa shape index (κ1) is 9.08. The van der Waals surface area contributed by atoms with Crippen LogP contribution in [0.3, 0.4) is 0 Å². The summed E-state index contributed by atoms with van der Waals surface area (Å²) in [6, 6.07) is 4.23. The number of fused-ring (bicyclic) bond motifs is 1. The van der Waals surface area contributed by atoms with E-state index in [1.54, 1.807) is 6.07 Å². The molecular weight excluding hydrogens is 205 g/mol. The number of thiophene rings is 1. The molecule has 1 aromatic heterocycles. The van der Waals surface area contributed by atoms with Crippen LogP contribution in [0.2, 0.25) is 0 Å². The smallest absolute Gasteiger partial charge is 0.258 e. The Kier molecular flexibility index (Phi) is 1.96. The van der Waals surface area contributed by atoms with Crippen LogP contribution in [0.15, 0.2) is 18.2 Å². The molecule has 0 saturated heterocycles. The number of nitro groups is 1. The number of hydrogen-bond donors (Lipinski definition) is 0. The van der Waals surface area contributed by atoms with Crippen molar-refractivity contribution < 1.29 is 9.31 Å². The molecule has 0 aliphatic rings.